The lowest BCUT2D eigenvalue weighted by atomic mass is 10.0. The number of thioether (sulfide) groups is 1. The molecule has 2 N–H and O–H groups in total. The molecule has 0 saturated carbocycles. The third-order valence-electron chi connectivity index (χ3n) is 3.73. The molecule has 1 aromatic carbocycles. The van der Waals surface area contributed by atoms with Crippen LogP contribution in [0.2, 0.25) is 0 Å². The molecule has 1 fully saturated rings. The number of rotatable bonds is 4. The van der Waals surface area contributed by atoms with Crippen LogP contribution < -0.4 is 5.73 Å². The van der Waals surface area contributed by atoms with E-state index >= 15 is 0 Å². The second-order valence-electron chi connectivity index (χ2n) is 5.28. The average molecular weight is 341 g/mol. The van der Waals surface area contributed by atoms with Crippen molar-refractivity contribution in [3.63, 3.8) is 0 Å². The van der Waals surface area contributed by atoms with Gasteiger partial charge in [-0.3, -0.25) is 4.90 Å². The standard InChI is InChI=1S/C15H20N4OS.ClH/c1-11-2-4-12(5-3-11)13-10-21-7-6-19(13)9-14-17-15(8-16)20-18-14;/h2-5,13H,6-10,16H2,1H3;1H. The minimum Gasteiger partial charge on any atom is -0.338 e. The van der Waals surface area contributed by atoms with Gasteiger partial charge in [0.1, 0.15) is 0 Å². The highest BCUT2D eigenvalue weighted by Gasteiger charge is 2.25. The van der Waals surface area contributed by atoms with Gasteiger partial charge in [-0.2, -0.15) is 16.7 Å². The predicted molar refractivity (Wildman–Crippen MR) is 91.1 cm³/mol. The summed E-state index contributed by atoms with van der Waals surface area (Å²) in [6, 6.07) is 9.20. The zero-order valence-electron chi connectivity index (χ0n) is 12.6. The Morgan fingerprint density at radius 2 is 2.14 bits per heavy atom. The van der Waals surface area contributed by atoms with Crippen LogP contribution in [0.5, 0.6) is 0 Å². The first-order chi connectivity index (χ1) is 10.3. The summed E-state index contributed by atoms with van der Waals surface area (Å²) in [5.41, 5.74) is 8.16. The van der Waals surface area contributed by atoms with E-state index in [2.05, 4.69) is 46.2 Å². The lowest BCUT2D eigenvalue weighted by Gasteiger charge is -2.34. The summed E-state index contributed by atoms with van der Waals surface area (Å²) >= 11 is 2.00. The lowest BCUT2D eigenvalue weighted by Crippen LogP contribution is -2.36. The van der Waals surface area contributed by atoms with Gasteiger partial charge in [0.2, 0.25) is 5.89 Å². The van der Waals surface area contributed by atoms with E-state index in [0.29, 0.717) is 25.0 Å². The van der Waals surface area contributed by atoms with E-state index in [1.54, 1.807) is 0 Å². The number of nitrogens with two attached hydrogens (primary N) is 1. The minimum atomic E-state index is 0. The van der Waals surface area contributed by atoms with Gasteiger partial charge in [-0.1, -0.05) is 35.0 Å². The van der Waals surface area contributed by atoms with Crippen LogP contribution in [0.15, 0.2) is 28.8 Å². The third kappa shape index (κ3) is 4.01. The van der Waals surface area contributed by atoms with Crippen molar-refractivity contribution in [1.29, 1.82) is 0 Å². The molecule has 3 rings (SSSR count). The van der Waals surface area contributed by atoms with Crippen molar-refractivity contribution in [2.45, 2.75) is 26.1 Å². The third-order valence-corrected chi connectivity index (χ3v) is 4.75. The summed E-state index contributed by atoms with van der Waals surface area (Å²) in [5, 5.41) is 4.01. The van der Waals surface area contributed by atoms with Crippen LogP contribution in [-0.4, -0.2) is 33.1 Å². The van der Waals surface area contributed by atoms with Gasteiger partial charge in [-0.15, -0.1) is 12.4 Å². The fourth-order valence-electron chi connectivity index (χ4n) is 2.54. The van der Waals surface area contributed by atoms with Crippen molar-refractivity contribution in [2.24, 2.45) is 5.73 Å². The minimum absolute atomic E-state index is 0. The second-order valence-corrected chi connectivity index (χ2v) is 6.43. The molecular weight excluding hydrogens is 320 g/mol. The fourth-order valence-corrected chi connectivity index (χ4v) is 3.70. The van der Waals surface area contributed by atoms with Crippen molar-refractivity contribution < 1.29 is 4.52 Å². The number of halogens is 1. The van der Waals surface area contributed by atoms with E-state index in [-0.39, 0.29) is 12.4 Å². The Labute approximate surface area is 141 Å². The van der Waals surface area contributed by atoms with Gasteiger partial charge < -0.3 is 10.3 Å². The molecule has 5 nitrogen and oxygen atoms in total. The summed E-state index contributed by atoms with van der Waals surface area (Å²) in [6.45, 7) is 4.16. The number of benzene rings is 1. The quantitative estimate of drug-likeness (QED) is 0.922. The van der Waals surface area contributed by atoms with Crippen molar-refractivity contribution in [1.82, 2.24) is 15.0 Å². The zero-order valence-corrected chi connectivity index (χ0v) is 14.2. The molecule has 1 aromatic heterocycles. The van der Waals surface area contributed by atoms with E-state index in [1.165, 1.54) is 11.1 Å². The van der Waals surface area contributed by atoms with E-state index < -0.39 is 0 Å². The number of aromatic nitrogens is 2. The van der Waals surface area contributed by atoms with Crippen LogP contribution in [0.25, 0.3) is 0 Å². The van der Waals surface area contributed by atoms with Gasteiger partial charge in [-0.05, 0) is 12.5 Å². The summed E-state index contributed by atoms with van der Waals surface area (Å²) in [5.74, 6) is 3.47. The zero-order chi connectivity index (χ0) is 14.7. The molecule has 0 spiro atoms. The first-order valence-corrected chi connectivity index (χ1v) is 8.31. The molecule has 0 bridgehead atoms. The maximum Gasteiger partial charge on any atom is 0.240 e. The van der Waals surface area contributed by atoms with E-state index in [1.807, 2.05) is 11.8 Å². The molecule has 120 valence electrons. The molecule has 0 amide bonds. The highest BCUT2D eigenvalue weighted by Crippen LogP contribution is 2.30. The Morgan fingerprint density at radius 3 is 2.82 bits per heavy atom. The van der Waals surface area contributed by atoms with Crippen LogP contribution in [0, 0.1) is 6.92 Å². The van der Waals surface area contributed by atoms with E-state index in [4.69, 9.17) is 10.3 Å². The van der Waals surface area contributed by atoms with Crippen LogP contribution >= 0.6 is 24.2 Å². The average Bonchev–Trinajstić information content (AvgIpc) is 2.96. The normalized spacial score (nSPS) is 18.9. The first-order valence-electron chi connectivity index (χ1n) is 7.16. The highest BCUT2D eigenvalue weighted by molar-refractivity contribution is 7.99. The van der Waals surface area contributed by atoms with Gasteiger partial charge in [0.15, 0.2) is 5.82 Å². The number of aryl methyl sites for hydroxylation is 1. The second kappa shape index (κ2) is 7.97. The van der Waals surface area contributed by atoms with Gasteiger partial charge in [-0.25, -0.2) is 0 Å². The summed E-state index contributed by atoms with van der Waals surface area (Å²) in [7, 11) is 0. The summed E-state index contributed by atoms with van der Waals surface area (Å²) in [6.07, 6.45) is 0. The Bertz CT molecular complexity index is 589. The summed E-state index contributed by atoms with van der Waals surface area (Å²) < 4.78 is 5.09. The Morgan fingerprint density at radius 1 is 1.36 bits per heavy atom. The van der Waals surface area contributed by atoms with Gasteiger partial charge in [0.05, 0.1) is 13.1 Å². The molecule has 0 aliphatic carbocycles. The van der Waals surface area contributed by atoms with E-state index in [0.717, 1.165) is 23.9 Å². The van der Waals surface area contributed by atoms with Gasteiger partial charge >= 0.3 is 0 Å². The van der Waals surface area contributed by atoms with Crippen molar-refractivity contribution in [2.75, 3.05) is 18.1 Å². The van der Waals surface area contributed by atoms with Crippen molar-refractivity contribution in [3.8, 4) is 0 Å². The van der Waals surface area contributed by atoms with E-state index in [9.17, 15) is 0 Å². The van der Waals surface area contributed by atoms with Crippen LogP contribution in [0.3, 0.4) is 0 Å². The molecule has 0 radical (unpaired) electrons. The Kier molecular flexibility index (Phi) is 6.26. The molecule has 2 heterocycles. The number of hydrogen-bond acceptors (Lipinski definition) is 6. The van der Waals surface area contributed by atoms with Crippen LogP contribution in [0.1, 0.15) is 28.9 Å². The molecule has 1 atom stereocenters. The Hall–Kier alpha value is -1.08. The van der Waals surface area contributed by atoms with Gasteiger partial charge in [0, 0.05) is 24.1 Å². The topological polar surface area (TPSA) is 68.2 Å². The molecule has 1 unspecified atom stereocenters. The summed E-state index contributed by atoms with van der Waals surface area (Å²) in [4.78, 5) is 6.74. The predicted octanol–water partition coefficient (Wildman–Crippen LogP) is 2.55. The maximum atomic E-state index is 5.52. The smallest absolute Gasteiger partial charge is 0.240 e. The van der Waals surface area contributed by atoms with Crippen LogP contribution in [0.4, 0.5) is 0 Å². The molecule has 22 heavy (non-hydrogen) atoms. The molecule has 2 aromatic rings. The molecule has 7 heteroatoms. The lowest BCUT2D eigenvalue weighted by molar-refractivity contribution is 0.204. The van der Waals surface area contributed by atoms with Crippen molar-refractivity contribution >= 4 is 24.2 Å². The first kappa shape index (κ1) is 17.3. The highest BCUT2D eigenvalue weighted by atomic mass is 35.5. The molecule has 1 saturated heterocycles. The fraction of sp³-hybridized carbons (Fsp3) is 0.467. The molecular formula is C15H21ClN4OS. The van der Waals surface area contributed by atoms with Crippen LogP contribution in [-0.2, 0) is 13.1 Å². The van der Waals surface area contributed by atoms with Gasteiger partial charge in [0.25, 0.3) is 0 Å². The van der Waals surface area contributed by atoms with Crippen molar-refractivity contribution in [3.05, 3.63) is 47.1 Å². The molecule has 1 aliphatic heterocycles. The monoisotopic (exact) mass is 340 g/mol. The maximum absolute atomic E-state index is 5.52. The SMILES string of the molecule is Cc1ccc(C2CSCCN2Cc2noc(CN)n2)cc1.Cl. The molecule has 1 aliphatic rings. The Balaban J connectivity index is 0.00000176. The number of nitrogens with zero attached hydrogens (tertiary/aromatic N) is 3. The number of hydrogen-bond donors (Lipinski definition) is 1. The largest absolute Gasteiger partial charge is 0.338 e.